The average Bonchev–Trinajstić information content (AvgIpc) is 2.95. The first kappa shape index (κ1) is 14.4. The Morgan fingerprint density at radius 1 is 1.58 bits per heavy atom. The van der Waals surface area contributed by atoms with Gasteiger partial charge in [0, 0.05) is 18.3 Å². The second-order valence-electron chi connectivity index (χ2n) is 5.55. The summed E-state index contributed by atoms with van der Waals surface area (Å²) in [5, 5.41) is 3.70. The molecule has 1 heterocycles. The number of carbonyl (C=O) groups excluding carboxylic acids is 1. The van der Waals surface area contributed by atoms with E-state index in [2.05, 4.69) is 5.32 Å². The number of rotatable bonds is 4. The topological polar surface area (TPSA) is 60.0 Å². The van der Waals surface area contributed by atoms with Crippen LogP contribution in [0.15, 0.2) is 12.3 Å². The van der Waals surface area contributed by atoms with Crippen LogP contribution in [-0.2, 0) is 0 Å². The van der Waals surface area contributed by atoms with Crippen LogP contribution in [0.25, 0.3) is 0 Å². The highest BCUT2D eigenvalue weighted by Crippen LogP contribution is 2.25. The first-order valence-corrected chi connectivity index (χ1v) is 7.29. The van der Waals surface area contributed by atoms with E-state index in [1.54, 1.807) is 12.3 Å². The Balaban J connectivity index is 2.11. The van der Waals surface area contributed by atoms with E-state index in [1.807, 2.05) is 18.4 Å². The number of hydrogen-bond donors (Lipinski definition) is 2. The first-order chi connectivity index (χ1) is 9.02. The van der Waals surface area contributed by atoms with Crippen LogP contribution in [0.3, 0.4) is 0 Å². The number of halogens is 1. The molecule has 0 saturated heterocycles. The van der Waals surface area contributed by atoms with E-state index < -0.39 is 0 Å². The molecular formula is C14H22ClN3O. The van der Waals surface area contributed by atoms with Gasteiger partial charge in [0.25, 0.3) is 5.91 Å². The van der Waals surface area contributed by atoms with Crippen LogP contribution in [0.5, 0.6) is 0 Å². The maximum Gasteiger partial charge on any atom is 0.268 e. The Labute approximate surface area is 119 Å². The summed E-state index contributed by atoms with van der Waals surface area (Å²) in [6, 6.07) is 2.14. The summed E-state index contributed by atoms with van der Waals surface area (Å²) < 4.78 is 1.91. The molecule has 5 heteroatoms. The van der Waals surface area contributed by atoms with Gasteiger partial charge in [0.15, 0.2) is 0 Å². The highest BCUT2D eigenvalue weighted by atomic mass is 35.5. The normalized spacial score (nSPS) is 23.0. The fourth-order valence-corrected chi connectivity index (χ4v) is 3.01. The maximum absolute atomic E-state index is 12.4. The van der Waals surface area contributed by atoms with Gasteiger partial charge < -0.3 is 15.6 Å². The molecule has 2 unspecified atom stereocenters. The molecule has 1 saturated carbocycles. The Kier molecular flexibility index (Phi) is 4.53. The van der Waals surface area contributed by atoms with Crippen LogP contribution in [0.1, 0.15) is 49.6 Å². The average molecular weight is 284 g/mol. The molecule has 2 atom stereocenters. The number of carbonyl (C=O) groups is 1. The molecule has 19 heavy (non-hydrogen) atoms. The van der Waals surface area contributed by atoms with Crippen molar-refractivity contribution in [3.05, 3.63) is 23.0 Å². The van der Waals surface area contributed by atoms with Gasteiger partial charge in [-0.05, 0) is 45.2 Å². The smallest absolute Gasteiger partial charge is 0.268 e. The summed E-state index contributed by atoms with van der Waals surface area (Å²) in [4.78, 5) is 12.4. The zero-order valence-corrected chi connectivity index (χ0v) is 12.3. The monoisotopic (exact) mass is 283 g/mol. The molecular weight excluding hydrogens is 262 g/mol. The van der Waals surface area contributed by atoms with Crippen molar-refractivity contribution in [2.75, 3.05) is 6.54 Å². The molecule has 0 spiro atoms. The fraction of sp³-hybridized carbons (Fsp3) is 0.643. The third-order valence-electron chi connectivity index (χ3n) is 3.88. The molecule has 4 nitrogen and oxygen atoms in total. The quantitative estimate of drug-likeness (QED) is 0.892. The van der Waals surface area contributed by atoms with Gasteiger partial charge in [-0.25, -0.2) is 0 Å². The Bertz CT molecular complexity index is 456. The lowest BCUT2D eigenvalue weighted by Crippen LogP contribution is -2.40. The van der Waals surface area contributed by atoms with E-state index in [1.165, 1.54) is 0 Å². The highest BCUT2D eigenvalue weighted by Gasteiger charge is 2.28. The summed E-state index contributed by atoms with van der Waals surface area (Å²) in [6.07, 6.45) is 5.06. The number of nitrogens with one attached hydrogen (secondary N) is 1. The minimum atomic E-state index is -0.0500. The Hall–Kier alpha value is -1.00. The molecule has 0 bridgehead atoms. The van der Waals surface area contributed by atoms with Crippen molar-refractivity contribution in [3.63, 3.8) is 0 Å². The minimum Gasteiger partial charge on any atom is -0.348 e. The van der Waals surface area contributed by atoms with Crippen molar-refractivity contribution >= 4 is 17.5 Å². The molecule has 1 amide bonds. The molecule has 2 rings (SSSR count). The van der Waals surface area contributed by atoms with E-state index in [9.17, 15) is 4.79 Å². The van der Waals surface area contributed by atoms with Crippen LogP contribution in [-0.4, -0.2) is 23.1 Å². The van der Waals surface area contributed by atoms with Crippen LogP contribution < -0.4 is 11.1 Å². The summed E-state index contributed by atoms with van der Waals surface area (Å²) in [5.74, 6) is 0.354. The lowest BCUT2D eigenvalue weighted by atomic mass is 10.0. The predicted molar refractivity (Wildman–Crippen MR) is 77.5 cm³/mol. The SMILES string of the molecule is CC(C)n1cc(Cl)cc1C(=O)NC1CCCC1CN. The van der Waals surface area contributed by atoms with Crippen molar-refractivity contribution in [2.24, 2.45) is 11.7 Å². The van der Waals surface area contributed by atoms with Crippen molar-refractivity contribution in [1.82, 2.24) is 9.88 Å². The Morgan fingerprint density at radius 3 is 2.95 bits per heavy atom. The predicted octanol–water partition coefficient (Wildman–Crippen LogP) is 2.58. The van der Waals surface area contributed by atoms with Gasteiger partial charge in [-0.2, -0.15) is 0 Å². The van der Waals surface area contributed by atoms with Gasteiger partial charge in [-0.3, -0.25) is 4.79 Å². The number of nitrogens with two attached hydrogens (primary N) is 1. The standard InChI is InChI=1S/C14H22ClN3O/c1-9(2)18-8-11(15)6-13(18)14(19)17-12-5-3-4-10(12)7-16/h6,8-10,12H,3-5,7,16H2,1-2H3,(H,17,19). The molecule has 1 aliphatic rings. The van der Waals surface area contributed by atoms with Crippen molar-refractivity contribution in [2.45, 2.75) is 45.2 Å². The van der Waals surface area contributed by atoms with Crippen LogP contribution in [0, 0.1) is 5.92 Å². The maximum atomic E-state index is 12.4. The molecule has 1 fully saturated rings. The largest absolute Gasteiger partial charge is 0.348 e. The van der Waals surface area contributed by atoms with Gasteiger partial charge in [-0.1, -0.05) is 18.0 Å². The lowest BCUT2D eigenvalue weighted by molar-refractivity contribution is 0.0918. The second kappa shape index (κ2) is 5.97. The number of amides is 1. The van der Waals surface area contributed by atoms with E-state index in [0.29, 0.717) is 23.2 Å². The second-order valence-corrected chi connectivity index (χ2v) is 5.99. The van der Waals surface area contributed by atoms with Gasteiger partial charge in [0.1, 0.15) is 5.69 Å². The molecule has 1 aromatic rings. The zero-order valence-electron chi connectivity index (χ0n) is 11.5. The summed E-state index contributed by atoms with van der Waals surface area (Å²) in [7, 11) is 0. The highest BCUT2D eigenvalue weighted by molar-refractivity contribution is 6.31. The van der Waals surface area contributed by atoms with Crippen molar-refractivity contribution in [1.29, 1.82) is 0 Å². The Morgan fingerprint density at radius 2 is 2.32 bits per heavy atom. The van der Waals surface area contributed by atoms with Crippen LogP contribution in [0.4, 0.5) is 0 Å². The number of nitrogens with zero attached hydrogens (tertiary/aromatic N) is 1. The molecule has 3 N–H and O–H groups in total. The van der Waals surface area contributed by atoms with Gasteiger partial charge in [0.05, 0.1) is 5.02 Å². The number of aromatic nitrogens is 1. The van der Waals surface area contributed by atoms with E-state index in [-0.39, 0.29) is 18.0 Å². The molecule has 0 aromatic carbocycles. The van der Waals surface area contributed by atoms with Crippen molar-refractivity contribution in [3.8, 4) is 0 Å². The van der Waals surface area contributed by atoms with Crippen LogP contribution >= 0.6 is 11.6 Å². The van der Waals surface area contributed by atoms with E-state index in [0.717, 1.165) is 19.3 Å². The van der Waals surface area contributed by atoms with E-state index >= 15 is 0 Å². The molecule has 0 aliphatic heterocycles. The number of hydrogen-bond acceptors (Lipinski definition) is 2. The lowest BCUT2D eigenvalue weighted by Gasteiger charge is -2.20. The zero-order chi connectivity index (χ0) is 14.0. The third-order valence-corrected chi connectivity index (χ3v) is 4.09. The fourth-order valence-electron chi connectivity index (χ4n) is 2.81. The minimum absolute atomic E-state index is 0.0500. The molecule has 106 valence electrons. The third kappa shape index (κ3) is 3.12. The van der Waals surface area contributed by atoms with Gasteiger partial charge in [0.2, 0.25) is 0 Å². The van der Waals surface area contributed by atoms with E-state index in [4.69, 9.17) is 17.3 Å². The van der Waals surface area contributed by atoms with Gasteiger partial charge >= 0.3 is 0 Å². The molecule has 1 aliphatic carbocycles. The summed E-state index contributed by atoms with van der Waals surface area (Å²) in [5.41, 5.74) is 6.37. The summed E-state index contributed by atoms with van der Waals surface area (Å²) >= 11 is 6.01. The molecule has 0 radical (unpaired) electrons. The summed E-state index contributed by atoms with van der Waals surface area (Å²) in [6.45, 7) is 4.70. The van der Waals surface area contributed by atoms with Crippen LogP contribution in [0.2, 0.25) is 5.02 Å². The molecule has 1 aromatic heterocycles. The van der Waals surface area contributed by atoms with Crippen molar-refractivity contribution < 1.29 is 4.79 Å². The first-order valence-electron chi connectivity index (χ1n) is 6.91. The van der Waals surface area contributed by atoms with Gasteiger partial charge in [-0.15, -0.1) is 0 Å².